The Morgan fingerprint density at radius 1 is 1.22 bits per heavy atom. The first-order valence-corrected chi connectivity index (χ1v) is 11.7. The first kappa shape index (κ1) is 18.6. The fraction of sp³-hybridized carbons (Fsp3) is 0.500. The molecule has 0 amide bonds. The summed E-state index contributed by atoms with van der Waals surface area (Å²) >= 11 is 1.71. The summed E-state index contributed by atoms with van der Waals surface area (Å²) in [7, 11) is -3.52. The summed E-state index contributed by atoms with van der Waals surface area (Å²) in [6.07, 6.45) is 4.53. The van der Waals surface area contributed by atoms with Crippen molar-refractivity contribution in [2.45, 2.75) is 54.8 Å². The van der Waals surface area contributed by atoms with E-state index in [9.17, 15) is 8.42 Å². The van der Waals surface area contributed by atoms with Crippen LogP contribution < -0.4 is 0 Å². The molecule has 0 radical (unpaired) electrons. The second-order valence-electron chi connectivity index (χ2n) is 6.68. The minimum atomic E-state index is -3.52. The molecule has 4 rings (SSSR count). The van der Waals surface area contributed by atoms with E-state index in [2.05, 4.69) is 10.2 Å². The third-order valence-electron chi connectivity index (χ3n) is 5.04. The van der Waals surface area contributed by atoms with Crippen molar-refractivity contribution in [3.63, 3.8) is 0 Å². The highest BCUT2D eigenvalue weighted by atomic mass is 32.2. The molecule has 1 unspecified atom stereocenters. The van der Waals surface area contributed by atoms with E-state index in [4.69, 9.17) is 5.10 Å². The van der Waals surface area contributed by atoms with Crippen LogP contribution >= 0.6 is 11.8 Å². The maximum absolute atomic E-state index is 12.8. The van der Waals surface area contributed by atoms with Crippen LogP contribution in [0.3, 0.4) is 0 Å². The van der Waals surface area contributed by atoms with Crippen molar-refractivity contribution in [3.05, 3.63) is 24.3 Å². The van der Waals surface area contributed by atoms with Crippen molar-refractivity contribution in [1.29, 1.82) is 0 Å². The van der Waals surface area contributed by atoms with Crippen molar-refractivity contribution in [2.24, 2.45) is 5.10 Å². The average molecular weight is 406 g/mol. The van der Waals surface area contributed by atoms with Crippen LogP contribution in [0.5, 0.6) is 0 Å². The van der Waals surface area contributed by atoms with Gasteiger partial charge >= 0.3 is 0 Å². The molecule has 2 aromatic rings. The van der Waals surface area contributed by atoms with Crippen molar-refractivity contribution < 1.29 is 8.42 Å². The Bertz CT molecular complexity index is 979. The molecule has 1 atom stereocenters. The van der Waals surface area contributed by atoms with Gasteiger partial charge in [-0.25, -0.2) is 8.42 Å². The van der Waals surface area contributed by atoms with Crippen molar-refractivity contribution in [2.75, 3.05) is 13.1 Å². The van der Waals surface area contributed by atoms with E-state index in [1.54, 1.807) is 34.6 Å². The summed E-state index contributed by atoms with van der Waals surface area (Å²) in [5, 5.41) is 14.6. The quantitative estimate of drug-likeness (QED) is 0.763. The van der Waals surface area contributed by atoms with Crippen molar-refractivity contribution in [1.82, 2.24) is 19.2 Å². The zero-order valence-electron chi connectivity index (χ0n) is 15.5. The van der Waals surface area contributed by atoms with Crippen molar-refractivity contribution >= 4 is 27.5 Å². The van der Waals surface area contributed by atoms with Crippen LogP contribution in [-0.2, 0) is 10.0 Å². The molecule has 27 heavy (non-hydrogen) atoms. The highest BCUT2D eigenvalue weighted by Crippen LogP contribution is 2.37. The van der Waals surface area contributed by atoms with E-state index in [0.29, 0.717) is 29.7 Å². The molecule has 144 valence electrons. The lowest BCUT2D eigenvalue weighted by atomic mass is 9.98. The van der Waals surface area contributed by atoms with Crippen molar-refractivity contribution in [3.8, 4) is 11.4 Å². The van der Waals surface area contributed by atoms with Crippen LogP contribution in [0.25, 0.3) is 11.4 Å². The maximum Gasteiger partial charge on any atom is 0.243 e. The van der Waals surface area contributed by atoms with Crippen LogP contribution in [0.1, 0.15) is 39.5 Å². The van der Waals surface area contributed by atoms with Crippen LogP contribution in [0.4, 0.5) is 0 Å². The van der Waals surface area contributed by atoms with Crippen LogP contribution in [0.2, 0.25) is 0 Å². The van der Waals surface area contributed by atoms with Gasteiger partial charge < -0.3 is 0 Å². The van der Waals surface area contributed by atoms with Gasteiger partial charge in [0.1, 0.15) is 0 Å². The molecule has 9 heteroatoms. The molecule has 1 saturated carbocycles. The number of hydrogen-bond donors (Lipinski definition) is 0. The Morgan fingerprint density at radius 3 is 2.81 bits per heavy atom. The largest absolute Gasteiger partial charge is 0.243 e. The van der Waals surface area contributed by atoms with Gasteiger partial charge in [-0.1, -0.05) is 44.2 Å². The topological polar surface area (TPSA) is 80.5 Å². The molecule has 7 nitrogen and oxygen atoms in total. The Kier molecular flexibility index (Phi) is 5.09. The number of thioether (sulfide) groups is 1. The van der Waals surface area contributed by atoms with Gasteiger partial charge in [0.25, 0.3) is 0 Å². The molecular formula is C18H23N5O2S2. The molecule has 2 aliphatic rings. The second-order valence-corrected chi connectivity index (χ2v) is 9.79. The Morgan fingerprint density at radius 2 is 2.04 bits per heavy atom. The van der Waals surface area contributed by atoms with Gasteiger partial charge in [-0.05, 0) is 31.4 Å². The lowest BCUT2D eigenvalue weighted by Crippen LogP contribution is -2.30. The summed E-state index contributed by atoms with van der Waals surface area (Å²) in [6.45, 7) is 4.56. The highest BCUT2D eigenvalue weighted by Gasteiger charge is 2.30. The monoisotopic (exact) mass is 405 g/mol. The number of fused-ring (bicyclic) bond motifs is 2. The molecule has 1 aromatic heterocycles. The smallest absolute Gasteiger partial charge is 0.207 e. The molecule has 1 aliphatic heterocycles. The average Bonchev–Trinajstić information content (AvgIpc) is 3.09. The van der Waals surface area contributed by atoms with Gasteiger partial charge in [-0.15, -0.1) is 10.2 Å². The van der Waals surface area contributed by atoms with E-state index >= 15 is 0 Å². The molecule has 0 saturated heterocycles. The Balaban J connectivity index is 1.74. The first-order chi connectivity index (χ1) is 13.0. The lowest BCUT2D eigenvalue weighted by Gasteiger charge is -2.26. The van der Waals surface area contributed by atoms with Crippen LogP contribution in [0, 0.1) is 0 Å². The van der Waals surface area contributed by atoms with E-state index in [1.165, 1.54) is 22.9 Å². The van der Waals surface area contributed by atoms with Gasteiger partial charge in [0, 0.05) is 18.7 Å². The third-order valence-corrected chi connectivity index (χ3v) is 8.35. The standard InChI is InChI=1S/C18H23N5O2S2/c1-3-22(4-2)27(24,25)14-9-7-8-13(12-14)17-19-20-18-23(17)21-15-10-5-6-11-16(15)26-18/h7-9,12,16H,3-6,10-11H2,1-2H3. The number of rotatable bonds is 5. The predicted octanol–water partition coefficient (Wildman–Crippen LogP) is 3.23. The number of aromatic nitrogens is 3. The predicted molar refractivity (Wildman–Crippen MR) is 107 cm³/mol. The lowest BCUT2D eigenvalue weighted by molar-refractivity contribution is 0.445. The Hall–Kier alpha value is -1.71. The summed E-state index contributed by atoms with van der Waals surface area (Å²) in [5.41, 5.74) is 1.90. The molecule has 1 fully saturated rings. The summed E-state index contributed by atoms with van der Waals surface area (Å²) in [6, 6.07) is 6.90. The summed E-state index contributed by atoms with van der Waals surface area (Å²) in [5.74, 6) is 0.589. The minimum absolute atomic E-state index is 0.271. The summed E-state index contributed by atoms with van der Waals surface area (Å²) in [4.78, 5) is 0.271. The second kappa shape index (κ2) is 7.37. The Labute approximate surface area is 163 Å². The molecule has 1 aliphatic carbocycles. The number of hydrogen-bond acceptors (Lipinski definition) is 6. The van der Waals surface area contributed by atoms with Gasteiger partial charge in [-0.2, -0.15) is 14.1 Å². The van der Waals surface area contributed by atoms with E-state index < -0.39 is 10.0 Å². The number of benzene rings is 1. The molecule has 2 heterocycles. The van der Waals surface area contributed by atoms with Gasteiger partial charge in [0.2, 0.25) is 15.2 Å². The maximum atomic E-state index is 12.8. The SMILES string of the molecule is CCN(CC)S(=O)(=O)c1cccc(-c2nnc3n2N=C2CCCCC2S3)c1. The molecule has 0 spiro atoms. The highest BCUT2D eigenvalue weighted by molar-refractivity contribution is 8.00. The zero-order valence-corrected chi connectivity index (χ0v) is 17.1. The zero-order chi connectivity index (χ0) is 19.0. The minimum Gasteiger partial charge on any atom is -0.207 e. The normalized spacial score (nSPS) is 19.5. The van der Waals surface area contributed by atoms with Crippen LogP contribution in [-0.4, -0.2) is 51.6 Å². The third kappa shape index (κ3) is 3.32. The van der Waals surface area contributed by atoms with E-state index in [0.717, 1.165) is 18.0 Å². The molecule has 1 aromatic carbocycles. The molecular weight excluding hydrogens is 382 g/mol. The fourth-order valence-corrected chi connectivity index (χ4v) is 6.24. The first-order valence-electron chi connectivity index (χ1n) is 9.35. The number of sulfonamides is 1. The van der Waals surface area contributed by atoms with Gasteiger partial charge in [0.15, 0.2) is 5.82 Å². The molecule has 0 bridgehead atoms. The fourth-order valence-electron chi connectivity index (χ4n) is 3.58. The van der Waals surface area contributed by atoms with Gasteiger partial charge in [-0.3, -0.25) is 0 Å². The van der Waals surface area contributed by atoms with E-state index in [1.807, 2.05) is 19.9 Å². The van der Waals surface area contributed by atoms with Crippen LogP contribution in [0.15, 0.2) is 39.4 Å². The summed E-state index contributed by atoms with van der Waals surface area (Å²) < 4.78 is 28.9. The van der Waals surface area contributed by atoms with E-state index in [-0.39, 0.29) is 4.90 Å². The molecule has 0 N–H and O–H groups in total. The number of nitrogens with zero attached hydrogens (tertiary/aromatic N) is 5. The van der Waals surface area contributed by atoms with Gasteiger partial charge in [0.05, 0.1) is 15.9 Å².